The maximum Gasteiger partial charge on any atom is 0.00912 e. The summed E-state index contributed by atoms with van der Waals surface area (Å²) >= 11 is 0. The molecule has 0 bridgehead atoms. The molecule has 0 aromatic rings. The summed E-state index contributed by atoms with van der Waals surface area (Å²) in [4.78, 5) is 2.46. The second-order valence-electron chi connectivity index (χ2n) is 5.18. The Morgan fingerprint density at radius 3 is 2.38 bits per heavy atom. The van der Waals surface area contributed by atoms with Crippen LogP contribution in [0.4, 0.5) is 0 Å². The Morgan fingerprint density at radius 1 is 1.19 bits per heavy atom. The lowest BCUT2D eigenvalue weighted by atomic mass is 9.96. The van der Waals surface area contributed by atoms with Crippen LogP contribution in [0.2, 0.25) is 0 Å². The van der Waals surface area contributed by atoms with Crippen molar-refractivity contribution in [2.24, 2.45) is 11.8 Å². The molecule has 0 N–H and O–H groups in total. The summed E-state index contributed by atoms with van der Waals surface area (Å²) in [6.07, 6.45) is 4.96. The predicted molar refractivity (Wildman–Crippen MR) is 73.4 cm³/mol. The summed E-state index contributed by atoms with van der Waals surface area (Å²) in [6.45, 7) is 11.2. The predicted octanol–water partition coefficient (Wildman–Crippen LogP) is 3.79. The van der Waals surface area contributed by atoms with Crippen molar-refractivity contribution in [3.05, 3.63) is 0 Å². The molecule has 16 heavy (non-hydrogen) atoms. The van der Waals surface area contributed by atoms with Crippen LogP contribution in [0.3, 0.4) is 0 Å². The first-order valence-corrected chi connectivity index (χ1v) is 6.68. The number of hydrogen-bond acceptors (Lipinski definition) is 1. The molecule has 0 heterocycles. The van der Waals surface area contributed by atoms with E-state index in [2.05, 4.69) is 44.6 Å². The van der Waals surface area contributed by atoms with Gasteiger partial charge in [0.2, 0.25) is 0 Å². The summed E-state index contributed by atoms with van der Waals surface area (Å²) in [5.41, 5.74) is 0. The maximum atomic E-state index is 3.17. The minimum atomic E-state index is 0.774. The molecular formula is C15H29N. The van der Waals surface area contributed by atoms with Crippen molar-refractivity contribution in [3.63, 3.8) is 0 Å². The van der Waals surface area contributed by atoms with E-state index in [1.54, 1.807) is 0 Å². The minimum Gasteiger partial charge on any atom is -0.306 e. The van der Waals surface area contributed by atoms with Gasteiger partial charge in [-0.2, -0.15) is 0 Å². The molecule has 1 nitrogen and oxygen atoms in total. The van der Waals surface area contributed by atoms with Gasteiger partial charge in [0, 0.05) is 13.0 Å². The van der Waals surface area contributed by atoms with Crippen LogP contribution in [0.5, 0.6) is 0 Å². The summed E-state index contributed by atoms with van der Waals surface area (Å²) < 4.78 is 0. The van der Waals surface area contributed by atoms with Gasteiger partial charge in [0.15, 0.2) is 0 Å². The third-order valence-corrected chi connectivity index (χ3v) is 3.03. The Balaban J connectivity index is 3.71. The monoisotopic (exact) mass is 223 g/mol. The van der Waals surface area contributed by atoms with Crippen molar-refractivity contribution in [3.8, 4) is 11.8 Å². The molecule has 0 amide bonds. The van der Waals surface area contributed by atoms with E-state index in [0.717, 1.165) is 18.3 Å². The van der Waals surface area contributed by atoms with Crippen LogP contribution in [-0.2, 0) is 0 Å². The fourth-order valence-corrected chi connectivity index (χ4v) is 2.07. The first-order chi connectivity index (χ1) is 7.60. The van der Waals surface area contributed by atoms with Crippen molar-refractivity contribution in [2.45, 2.75) is 53.4 Å². The molecular weight excluding hydrogens is 194 g/mol. The van der Waals surface area contributed by atoms with Gasteiger partial charge < -0.3 is 4.90 Å². The van der Waals surface area contributed by atoms with Gasteiger partial charge in [0.05, 0.1) is 0 Å². The first-order valence-electron chi connectivity index (χ1n) is 6.68. The van der Waals surface area contributed by atoms with Gasteiger partial charge in [-0.25, -0.2) is 0 Å². The van der Waals surface area contributed by atoms with Gasteiger partial charge in [-0.3, -0.25) is 0 Å². The topological polar surface area (TPSA) is 3.24 Å². The fourth-order valence-electron chi connectivity index (χ4n) is 2.07. The van der Waals surface area contributed by atoms with Gasteiger partial charge in [-0.15, -0.1) is 11.8 Å². The van der Waals surface area contributed by atoms with E-state index in [-0.39, 0.29) is 0 Å². The van der Waals surface area contributed by atoms with Crippen molar-refractivity contribution < 1.29 is 0 Å². The van der Waals surface area contributed by atoms with Crippen LogP contribution >= 0.6 is 0 Å². The lowest BCUT2D eigenvalue weighted by molar-refractivity contribution is 0.265. The summed E-state index contributed by atoms with van der Waals surface area (Å²) in [5.74, 6) is 7.78. The zero-order valence-electron chi connectivity index (χ0n) is 11.8. The summed E-state index contributed by atoms with van der Waals surface area (Å²) in [6, 6.07) is 0. The molecule has 0 spiro atoms. The Bertz CT molecular complexity index is 209. The zero-order chi connectivity index (χ0) is 12.4. The molecule has 0 saturated carbocycles. The highest BCUT2D eigenvalue weighted by molar-refractivity contribution is 4.94. The van der Waals surface area contributed by atoms with Crippen molar-refractivity contribution >= 4 is 0 Å². The third-order valence-electron chi connectivity index (χ3n) is 3.03. The first kappa shape index (κ1) is 15.5. The summed E-state index contributed by atoms with van der Waals surface area (Å²) in [5, 5.41) is 0. The molecule has 1 atom stereocenters. The lowest BCUT2D eigenvalue weighted by Gasteiger charge is -2.21. The molecule has 0 aromatic carbocycles. The molecule has 94 valence electrons. The zero-order valence-corrected chi connectivity index (χ0v) is 11.8. The SMILES string of the molecule is CC#CCCC(CC)CCN(C)CC(C)C. The van der Waals surface area contributed by atoms with Crippen LogP contribution in [0.15, 0.2) is 0 Å². The Morgan fingerprint density at radius 2 is 1.88 bits per heavy atom. The van der Waals surface area contributed by atoms with E-state index >= 15 is 0 Å². The number of rotatable bonds is 8. The van der Waals surface area contributed by atoms with Crippen LogP contribution in [0.25, 0.3) is 0 Å². The second kappa shape index (κ2) is 9.73. The van der Waals surface area contributed by atoms with E-state index < -0.39 is 0 Å². The number of nitrogens with zero attached hydrogens (tertiary/aromatic N) is 1. The Labute approximate surface area is 103 Å². The normalized spacial score (nSPS) is 12.7. The molecule has 0 aliphatic rings. The smallest absolute Gasteiger partial charge is 0.00912 e. The van der Waals surface area contributed by atoms with Crippen LogP contribution in [-0.4, -0.2) is 25.0 Å². The standard InChI is InChI=1S/C15H29N/c1-6-8-9-10-15(7-2)11-12-16(5)13-14(3)4/h14-15H,7,9-13H2,1-5H3. The Kier molecular flexibility index (Phi) is 9.43. The lowest BCUT2D eigenvalue weighted by Crippen LogP contribution is -2.25. The summed E-state index contributed by atoms with van der Waals surface area (Å²) in [7, 11) is 2.23. The van der Waals surface area contributed by atoms with Crippen LogP contribution in [0, 0.1) is 23.7 Å². The van der Waals surface area contributed by atoms with E-state index in [1.807, 2.05) is 6.92 Å². The largest absolute Gasteiger partial charge is 0.306 e. The quantitative estimate of drug-likeness (QED) is 0.566. The van der Waals surface area contributed by atoms with Gasteiger partial charge in [-0.05, 0) is 45.2 Å². The van der Waals surface area contributed by atoms with Gasteiger partial charge >= 0.3 is 0 Å². The average molecular weight is 223 g/mol. The van der Waals surface area contributed by atoms with Crippen molar-refractivity contribution in [1.29, 1.82) is 0 Å². The van der Waals surface area contributed by atoms with Crippen LogP contribution in [0.1, 0.15) is 53.4 Å². The fraction of sp³-hybridized carbons (Fsp3) is 0.867. The molecule has 0 fully saturated rings. The molecule has 0 rings (SSSR count). The van der Waals surface area contributed by atoms with E-state index in [9.17, 15) is 0 Å². The molecule has 0 aliphatic heterocycles. The maximum absolute atomic E-state index is 3.17. The second-order valence-corrected chi connectivity index (χ2v) is 5.18. The van der Waals surface area contributed by atoms with Gasteiger partial charge in [0.1, 0.15) is 0 Å². The molecule has 0 aliphatic carbocycles. The number of hydrogen-bond donors (Lipinski definition) is 0. The minimum absolute atomic E-state index is 0.774. The highest BCUT2D eigenvalue weighted by atomic mass is 15.1. The van der Waals surface area contributed by atoms with E-state index in [1.165, 1.54) is 32.4 Å². The van der Waals surface area contributed by atoms with Gasteiger partial charge in [-0.1, -0.05) is 27.2 Å². The van der Waals surface area contributed by atoms with E-state index in [4.69, 9.17) is 0 Å². The highest BCUT2D eigenvalue weighted by Crippen LogP contribution is 2.15. The van der Waals surface area contributed by atoms with E-state index in [0.29, 0.717) is 0 Å². The van der Waals surface area contributed by atoms with Crippen molar-refractivity contribution in [2.75, 3.05) is 20.1 Å². The van der Waals surface area contributed by atoms with Gasteiger partial charge in [0.25, 0.3) is 0 Å². The molecule has 0 saturated heterocycles. The van der Waals surface area contributed by atoms with Crippen LogP contribution < -0.4 is 0 Å². The highest BCUT2D eigenvalue weighted by Gasteiger charge is 2.08. The molecule has 1 unspecified atom stereocenters. The third kappa shape index (κ3) is 8.80. The Hall–Kier alpha value is -0.480. The average Bonchev–Trinajstić information content (AvgIpc) is 2.22. The van der Waals surface area contributed by atoms with Crippen molar-refractivity contribution in [1.82, 2.24) is 4.90 Å². The molecule has 0 radical (unpaired) electrons. The molecule has 1 heteroatoms. The molecule has 0 aromatic heterocycles.